The van der Waals surface area contributed by atoms with Crippen LogP contribution in [0.1, 0.15) is 69.2 Å². The van der Waals surface area contributed by atoms with Gasteiger partial charge in [0.15, 0.2) is 0 Å². The number of aromatic nitrogens is 2. The van der Waals surface area contributed by atoms with Crippen molar-refractivity contribution >= 4 is 16.9 Å². The Balaban J connectivity index is 1.48. The molecule has 2 heterocycles. The summed E-state index contributed by atoms with van der Waals surface area (Å²) in [6.45, 7) is 4.38. The Morgan fingerprint density at radius 1 is 1.00 bits per heavy atom. The molecule has 0 radical (unpaired) electrons. The van der Waals surface area contributed by atoms with E-state index >= 15 is 0 Å². The zero-order valence-electron chi connectivity index (χ0n) is 18.4. The van der Waals surface area contributed by atoms with Gasteiger partial charge < -0.3 is 9.47 Å². The van der Waals surface area contributed by atoms with Gasteiger partial charge in [-0.2, -0.15) is 0 Å². The maximum absolute atomic E-state index is 13.2. The summed E-state index contributed by atoms with van der Waals surface area (Å²) in [6, 6.07) is 14.7. The lowest BCUT2D eigenvalue weighted by Gasteiger charge is -2.17. The molecule has 0 bridgehead atoms. The number of unbranched alkanes of at least 4 members (excludes halogenated alkanes) is 5. The minimum atomic E-state index is -0.252. The van der Waals surface area contributed by atoms with Crippen LogP contribution in [0.5, 0.6) is 0 Å². The molecule has 0 saturated carbocycles. The summed E-state index contributed by atoms with van der Waals surface area (Å²) >= 11 is 0. The van der Waals surface area contributed by atoms with Gasteiger partial charge in [0.1, 0.15) is 11.6 Å². The van der Waals surface area contributed by atoms with E-state index in [4.69, 9.17) is 4.98 Å². The second kappa shape index (κ2) is 10.1. The summed E-state index contributed by atoms with van der Waals surface area (Å²) in [4.78, 5) is 19.6. The molecule has 0 spiro atoms. The number of nitrogens with zero attached hydrogens (tertiary/aromatic N) is 3. The van der Waals surface area contributed by atoms with Crippen LogP contribution in [0.3, 0.4) is 0 Å². The summed E-state index contributed by atoms with van der Waals surface area (Å²) in [5.74, 6) is 1.02. The van der Waals surface area contributed by atoms with Crippen molar-refractivity contribution < 1.29 is 9.18 Å². The van der Waals surface area contributed by atoms with Gasteiger partial charge in [-0.1, -0.05) is 63.3 Å². The molecule has 0 aliphatic carbocycles. The van der Waals surface area contributed by atoms with Gasteiger partial charge in [0.05, 0.1) is 11.0 Å². The highest BCUT2D eigenvalue weighted by atomic mass is 19.1. The van der Waals surface area contributed by atoms with E-state index < -0.39 is 0 Å². The summed E-state index contributed by atoms with van der Waals surface area (Å²) in [5.41, 5.74) is 3.12. The lowest BCUT2D eigenvalue weighted by molar-refractivity contribution is -0.128. The molecule has 0 N–H and O–H groups in total. The Labute approximate surface area is 184 Å². The average molecular weight is 422 g/mol. The van der Waals surface area contributed by atoms with Gasteiger partial charge in [-0.15, -0.1) is 0 Å². The van der Waals surface area contributed by atoms with Crippen LogP contribution in [-0.2, 0) is 17.9 Å². The Hall–Kier alpha value is -2.69. The maximum atomic E-state index is 13.2. The Morgan fingerprint density at radius 2 is 1.74 bits per heavy atom. The Kier molecular flexibility index (Phi) is 7.00. The number of likely N-dealkylation sites (tertiary alicyclic amines) is 1. The van der Waals surface area contributed by atoms with Crippen LogP contribution in [0.25, 0.3) is 11.0 Å². The van der Waals surface area contributed by atoms with Crippen LogP contribution in [0.4, 0.5) is 4.39 Å². The zero-order valence-corrected chi connectivity index (χ0v) is 18.4. The molecule has 1 amide bonds. The van der Waals surface area contributed by atoms with Crippen LogP contribution >= 0.6 is 0 Å². The number of benzene rings is 2. The smallest absolute Gasteiger partial charge is 0.223 e. The lowest BCUT2D eigenvalue weighted by Crippen LogP contribution is -2.24. The molecule has 4 nitrogen and oxygen atoms in total. The molecule has 31 heavy (non-hydrogen) atoms. The summed E-state index contributed by atoms with van der Waals surface area (Å²) in [5, 5.41) is 0. The number of imidazole rings is 1. The van der Waals surface area contributed by atoms with E-state index in [2.05, 4.69) is 29.7 Å². The van der Waals surface area contributed by atoms with Gasteiger partial charge in [0.25, 0.3) is 0 Å². The van der Waals surface area contributed by atoms with Crippen molar-refractivity contribution in [3.05, 3.63) is 65.7 Å². The molecule has 1 aliphatic rings. The molecular weight excluding hydrogens is 389 g/mol. The maximum Gasteiger partial charge on any atom is 0.223 e. The Morgan fingerprint density at radius 3 is 2.55 bits per heavy atom. The fourth-order valence-corrected chi connectivity index (χ4v) is 4.60. The van der Waals surface area contributed by atoms with Crippen LogP contribution in [-0.4, -0.2) is 26.9 Å². The fourth-order valence-electron chi connectivity index (χ4n) is 4.60. The third kappa shape index (κ3) is 5.15. The molecule has 1 aromatic heterocycles. The Bertz CT molecular complexity index is 1010. The highest BCUT2D eigenvalue weighted by molar-refractivity contribution is 5.81. The first kappa shape index (κ1) is 21.5. The first-order valence-electron chi connectivity index (χ1n) is 11.6. The molecule has 164 valence electrons. The topological polar surface area (TPSA) is 38.1 Å². The minimum Gasteiger partial charge on any atom is -0.338 e. The number of amides is 1. The van der Waals surface area contributed by atoms with Crippen molar-refractivity contribution in [2.45, 2.75) is 70.9 Å². The molecule has 5 heteroatoms. The SMILES string of the molecule is CCCCCCCCn1c(C2CC(=O)N(Cc3ccc(F)cc3)C2)nc2ccccc21. The van der Waals surface area contributed by atoms with Gasteiger partial charge in [-0.05, 0) is 36.2 Å². The van der Waals surface area contributed by atoms with E-state index in [1.165, 1.54) is 44.2 Å². The number of hydrogen-bond donors (Lipinski definition) is 0. The predicted octanol–water partition coefficient (Wildman–Crippen LogP) is 6.05. The van der Waals surface area contributed by atoms with Gasteiger partial charge in [-0.25, -0.2) is 9.37 Å². The zero-order chi connectivity index (χ0) is 21.6. The monoisotopic (exact) mass is 421 g/mol. The van der Waals surface area contributed by atoms with Crippen molar-refractivity contribution in [2.24, 2.45) is 0 Å². The van der Waals surface area contributed by atoms with Gasteiger partial charge in [0.2, 0.25) is 5.91 Å². The summed E-state index contributed by atoms with van der Waals surface area (Å²) < 4.78 is 15.5. The van der Waals surface area contributed by atoms with E-state index in [9.17, 15) is 9.18 Å². The van der Waals surface area contributed by atoms with Gasteiger partial charge >= 0.3 is 0 Å². The van der Waals surface area contributed by atoms with Crippen molar-refractivity contribution in [3.8, 4) is 0 Å². The standard InChI is InChI=1S/C26H32FN3O/c1-2-3-4-5-6-9-16-30-24-11-8-7-10-23(24)28-26(30)21-17-25(31)29(19-21)18-20-12-14-22(27)15-13-20/h7-8,10-15,21H,2-6,9,16-19H2,1H3. The molecule has 2 aromatic carbocycles. The number of rotatable bonds is 10. The highest BCUT2D eigenvalue weighted by Crippen LogP contribution is 2.31. The number of aryl methyl sites for hydroxylation is 1. The number of fused-ring (bicyclic) bond motifs is 1. The molecule has 1 atom stereocenters. The van der Waals surface area contributed by atoms with Gasteiger partial charge in [-0.3, -0.25) is 4.79 Å². The number of halogens is 1. The number of carbonyl (C=O) groups excluding carboxylic acids is 1. The fraction of sp³-hybridized carbons (Fsp3) is 0.462. The molecule has 1 saturated heterocycles. The van der Waals surface area contributed by atoms with Crippen LogP contribution < -0.4 is 0 Å². The molecule has 3 aromatic rings. The molecule has 1 unspecified atom stereocenters. The van der Waals surface area contributed by atoms with E-state index in [1.807, 2.05) is 11.0 Å². The highest BCUT2D eigenvalue weighted by Gasteiger charge is 2.33. The van der Waals surface area contributed by atoms with Crippen LogP contribution in [0.2, 0.25) is 0 Å². The second-order valence-corrected chi connectivity index (χ2v) is 8.68. The van der Waals surface area contributed by atoms with E-state index in [0.29, 0.717) is 19.5 Å². The van der Waals surface area contributed by atoms with Crippen LogP contribution in [0.15, 0.2) is 48.5 Å². The predicted molar refractivity (Wildman–Crippen MR) is 122 cm³/mol. The van der Waals surface area contributed by atoms with E-state index in [-0.39, 0.29) is 17.6 Å². The number of hydrogen-bond acceptors (Lipinski definition) is 2. The largest absolute Gasteiger partial charge is 0.338 e. The number of carbonyl (C=O) groups is 1. The third-order valence-electron chi connectivity index (χ3n) is 6.29. The second-order valence-electron chi connectivity index (χ2n) is 8.68. The molecule has 1 fully saturated rings. The lowest BCUT2D eigenvalue weighted by atomic mass is 10.1. The van der Waals surface area contributed by atoms with Crippen LogP contribution in [0, 0.1) is 5.82 Å². The van der Waals surface area contributed by atoms with E-state index in [0.717, 1.165) is 35.4 Å². The van der Waals surface area contributed by atoms with E-state index in [1.54, 1.807) is 12.1 Å². The summed E-state index contributed by atoms with van der Waals surface area (Å²) in [6.07, 6.45) is 8.02. The van der Waals surface area contributed by atoms with Crippen molar-refractivity contribution in [3.63, 3.8) is 0 Å². The van der Waals surface area contributed by atoms with Gasteiger partial charge in [0, 0.05) is 32.0 Å². The van der Waals surface area contributed by atoms with Crippen molar-refractivity contribution in [2.75, 3.05) is 6.54 Å². The third-order valence-corrected chi connectivity index (χ3v) is 6.29. The van der Waals surface area contributed by atoms with Crippen molar-refractivity contribution in [1.82, 2.24) is 14.5 Å². The first-order chi connectivity index (χ1) is 15.2. The quantitative estimate of drug-likeness (QED) is 0.374. The normalized spacial score (nSPS) is 16.5. The van der Waals surface area contributed by atoms with Crippen molar-refractivity contribution in [1.29, 1.82) is 0 Å². The minimum absolute atomic E-state index is 0.0976. The summed E-state index contributed by atoms with van der Waals surface area (Å²) in [7, 11) is 0. The average Bonchev–Trinajstić information content (AvgIpc) is 3.32. The first-order valence-corrected chi connectivity index (χ1v) is 11.6. The molecule has 1 aliphatic heterocycles. The molecule has 4 rings (SSSR count). The molecular formula is C26H32FN3O. The number of para-hydroxylation sites is 2.